The number of amides is 1. The van der Waals surface area contributed by atoms with E-state index in [0.717, 1.165) is 19.3 Å². The summed E-state index contributed by atoms with van der Waals surface area (Å²) in [4.78, 5) is 29.9. The van der Waals surface area contributed by atoms with Crippen molar-refractivity contribution in [3.63, 3.8) is 0 Å². The van der Waals surface area contributed by atoms with Crippen molar-refractivity contribution in [3.8, 4) is 17.2 Å². The lowest BCUT2D eigenvalue weighted by Crippen LogP contribution is -2.35. The lowest BCUT2D eigenvalue weighted by molar-refractivity contribution is -0.140. The predicted molar refractivity (Wildman–Crippen MR) is 148 cm³/mol. The fraction of sp³-hybridized carbons (Fsp3) is 0.467. The summed E-state index contributed by atoms with van der Waals surface area (Å²) in [5.41, 5.74) is 1.13. The number of carbonyl (C=O) groups excluding carboxylic acids is 2. The molecule has 1 unspecified atom stereocenters. The standard InChI is InChI=1S/C30H40N2O6/c1-7-8-9-18-37-23-13-10-21(11-14-23)28(33)26-27(32(17-16-31(4)5)30(35)29(26)34)22-12-15-24(38-20(2)3)25(19-22)36-6/h10-15,19-20,27,33H,7-9,16-18H2,1-6H3/b28-26-. The van der Waals surface area contributed by atoms with Crippen molar-refractivity contribution in [2.45, 2.75) is 52.2 Å². The van der Waals surface area contributed by atoms with E-state index in [-0.39, 0.29) is 17.4 Å². The van der Waals surface area contributed by atoms with Gasteiger partial charge in [-0.05, 0) is 76.3 Å². The number of aliphatic hydroxyl groups excluding tert-OH is 1. The van der Waals surface area contributed by atoms with E-state index in [2.05, 4.69) is 6.92 Å². The van der Waals surface area contributed by atoms with Gasteiger partial charge in [-0.1, -0.05) is 25.8 Å². The highest BCUT2D eigenvalue weighted by Crippen LogP contribution is 2.42. The fourth-order valence-corrected chi connectivity index (χ4v) is 4.38. The van der Waals surface area contributed by atoms with Gasteiger partial charge in [0.2, 0.25) is 0 Å². The van der Waals surface area contributed by atoms with Crippen LogP contribution in [0, 0.1) is 0 Å². The highest BCUT2D eigenvalue weighted by molar-refractivity contribution is 6.46. The Balaban J connectivity index is 2.03. The summed E-state index contributed by atoms with van der Waals surface area (Å²) in [6.45, 7) is 7.47. The number of ketones is 1. The summed E-state index contributed by atoms with van der Waals surface area (Å²) in [7, 11) is 5.35. The Morgan fingerprint density at radius 3 is 2.37 bits per heavy atom. The highest BCUT2D eigenvalue weighted by atomic mass is 16.5. The zero-order chi connectivity index (χ0) is 27.8. The molecule has 1 aliphatic rings. The first kappa shape index (κ1) is 29.0. The molecule has 1 N–H and O–H groups in total. The molecule has 0 radical (unpaired) electrons. The van der Waals surface area contributed by atoms with Gasteiger partial charge in [0.25, 0.3) is 11.7 Å². The molecular weight excluding hydrogens is 484 g/mol. The fourth-order valence-electron chi connectivity index (χ4n) is 4.38. The number of rotatable bonds is 13. The van der Waals surface area contributed by atoms with Crippen LogP contribution in [0.4, 0.5) is 0 Å². The maximum absolute atomic E-state index is 13.3. The van der Waals surface area contributed by atoms with E-state index in [0.29, 0.717) is 48.1 Å². The molecule has 3 rings (SSSR count). The molecule has 0 aromatic heterocycles. The second-order valence-corrected chi connectivity index (χ2v) is 9.95. The molecule has 8 nitrogen and oxygen atoms in total. The molecule has 0 bridgehead atoms. The van der Waals surface area contributed by atoms with Gasteiger partial charge in [-0.15, -0.1) is 0 Å². The minimum Gasteiger partial charge on any atom is -0.507 e. The molecular formula is C30H40N2O6. The summed E-state index contributed by atoms with van der Waals surface area (Å²) in [6.07, 6.45) is 3.13. The molecule has 1 fully saturated rings. The molecule has 38 heavy (non-hydrogen) atoms. The number of nitrogens with zero attached hydrogens (tertiary/aromatic N) is 2. The van der Waals surface area contributed by atoms with Crippen LogP contribution >= 0.6 is 0 Å². The lowest BCUT2D eigenvalue weighted by Gasteiger charge is -2.27. The number of hydrogen-bond donors (Lipinski definition) is 1. The van der Waals surface area contributed by atoms with Crippen molar-refractivity contribution in [1.82, 2.24) is 9.80 Å². The van der Waals surface area contributed by atoms with E-state index in [4.69, 9.17) is 14.2 Å². The molecule has 8 heteroatoms. The molecule has 1 aliphatic heterocycles. The van der Waals surface area contributed by atoms with Crippen molar-refractivity contribution < 1.29 is 28.9 Å². The van der Waals surface area contributed by atoms with Crippen molar-refractivity contribution in [3.05, 3.63) is 59.2 Å². The number of methoxy groups -OCH3 is 1. The van der Waals surface area contributed by atoms with Crippen molar-refractivity contribution >= 4 is 17.4 Å². The van der Waals surface area contributed by atoms with Crippen molar-refractivity contribution in [2.24, 2.45) is 0 Å². The minimum atomic E-state index is -0.776. The van der Waals surface area contributed by atoms with E-state index in [9.17, 15) is 14.7 Å². The van der Waals surface area contributed by atoms with Gasteiger partial charge in [-0.3, -0.25) is 9.59 Å². The number of aliphatic hydroxyl groups is 1. The van der Waals surface area contributed by atoms with Gasteiger partial charge in [-0.25, -0.2) is 0 Å². The maximum Gasteiger partial charge on any atom is 0.295 e. The molecule has 0 spiro atoms. The third kappa shape index (κ3) is 6.86. The van der Waals surface area contributed by atoms with E-state index in [1.807, 2.05) is 32.8 Å². The summed E-state index contributed by atoms with van der Waals surface area (Å²) in [5.74, 6) is 0.152. The van der Waals surface area contributed by atoms with Gasteiger partial charge >= 0.3 is 0 Å². The second-order valence-electron chi connectivity index (χ2n) is 9.95. The molecule has 1 saturated heterocycles. The van der Waals surface area contributed by atoms with Gasteiger partial charge in [0, 0.05) is 18.7 Å². The molecule has 0 aliphatic carbocycles. The Morgan fingerprint density at radius 1 is 1.05 bits per heavy atom. The zero-order valence-electron chi connectivity index (χ0n) is 23.3. The van der Waals surface area contributed by atoms with Crippen LogP contribution in [-0.2, 0) is 9.59 Å². The molecule has 2 aromatic carbocycles. The Morgan fingerprint density at radius 2 is 1.76 bits per heavy atom. The third-order valence-corrected chi connectivity index (χ3v) is 6.34. The Kier molecular flexibility index (Phi) is 10.2. The topological polar surface area (TPSA) is 88.5 Å². The van der Waals surface area contributed by atoms with Crippen LogP contribution in [-0.4, -0.2) is 73.6 Å². The number of hydrogen-bond acceptors (Lipinski definition) is 7. The number of ether oxygens (including phenoxy) is 3. The Bertz CT molecular complexity index is 1140. The van der Waals surface area contributed by atoms with Crippen LogP contribution in [0.15, 0.2) is 48.0 Å². The van der Waals surface area contributed by atoms with Gasteiger partial charge in [0.15, 0.2) is 11.5 Å². The van der Waals surface area contributed by atoms with Gasteiger partial charge < -0.3 is 29.1 Å². The van der Waals surface area contributed by atoms with Crippen LogP contribution in [0.2, 0.25) is 0 Å². The van der Waals surface area contributed by atoms with Crippen molar-refractivity contribution in [2.75, 3.05) is 40.9 Å². The highest BCUT2D eigenvalue weighted by Gasteiger charge is 2.46. The first-order valence-corrected chi connectivity index (χ1v) is 13.2. The molecule has 1 atom stereocenters. The first-order chi connectivity index (χ1) is 18.2. The number of carbonyl (C=O) groups is 2. The summed E-state index contributed by atoms with van der Waals surface area (Å²) >= 11 is 0. The first-order valence-electron chi connectivity index (χ1n) is 13.2. The van der Waals surface area contributed by atoms with Crippen molar-refractivity contribution in [1.29, 1.82) is 0 Å². The lowest BCUT2D eigenvalue weighted by atomic mass is 9.95. The van der Waals surface area contributed by atoms with E-state index < -0.39 is 17.7 Å². The SMILES string of the molecule is CCCCCOc1ccc(/C(O)=C2/C(=O)C(=O)N(CCN(C)C)C2c2ccc(OC(C)C)c(OC)c2)cc1. The van der Waals surface area contributed by atoms with Crippen LogP contribution in [0.1, 0.15) is 57.2 Å². The van der Waals surface area contributed by atoms with Gasteiger partial charge in [-0.2, -0.15) is 0 Å². The van der Waals surface area contributed by atoms with Crippen LogP contribution < -0.4 is 14.2 Å². The largest absolute Gasteiger partial charge is 0.507 e. The molecule has 1 amide bonds. The Hall–Kier alpha value is -3.52. The maximum atomic E-state index is 13.3. The molecule has 0 saturated carbocycles. The van der Waals surface area contributed by atoms with Crippen LogP contribution in [0.25, 0.3) is 5.76 Å². The monoisotopic (exact) mass is 524 g/mol. The average molecular weight is 525 g/mol. The summed E-state index contributed by atoms with van der Waals surface area (Å²) in [5, 5.41) is 11.3. The van der Waals surface area contributed by atoms with Crippen LogP contribution in [0.3, 0.4) is 0 Å². The number of likely N-dealkylation sites (tertiary alicyclic amines) is 1. The smallest absolute Gasteiger partial charge is 0.295 e. The minimum absolute atomic E-state index is 0.0463. The van der Waals surface area contributed by atoms with E-state index in [1.165, 1.54) is 4.90 Å². The van der Waals surface area contributed by atoms with Gasteiger partial charge in [0.1, 0.15) is 11.5 Å². The normalized spacial score (nSPS) is 16.9. The van der Waals surface area contributed by atoms with Gasteiger partial charge in [0.05, 0.1) is 31.4 Å². The van der Waals surface area contributed by atoms with Crippen LogP contribution in [0.5, 0.6) is 17.2 Å². The van der Waals surface area contributed by atoms with E-state index in [1.54, 1.807) is 49.6 Å². The Labute approximate surface area is 225 Å². The number of Topliss-reactive ketones (excluding diaryl/α,β-unsaturated/α-hetero) is 1. The van der Waals surface area contributed by atoms with E-state index >= 15 is 0 Å². The zero-order valence-corrected chi connectivity index (χ0v) is 23.3. The molecule has 206 valence electrons. The molecule has 1 heterocycles. The molecule has 2 aromatic rings. The number of likely N-dealkylation sites (N-methyl/N-ethyl adjacent to an activating group) is 1. The predicted octanol–water partition coefficient (Wildman–Crippen LogP) is 5.03. The quantitative estimate of drug-likeness (QED) is 0.170. The third-order valence-electron chi connectivity index (χ3n) is 6.34. The average Bonchev–Trinajstić information content (AvgIpc) is 3.14. The second kappa shape index (κ2) is 13.3. The summed E-state index contributed by atoms with van der Waals surface area (Å²) in [6, 6.07) is 11.5. The number of benzene rings is 2. The number of unbranched alkanes of at least 4 members (excludes halogenated alkanes) is 2. The summed E-state index contributed by atoms with van der Waals surface area (Å²) < 4.78 is 17.2.